The molecule has 0 atom stereocenters. The number of carbonyl (C=O) groups is 4. The summed E-state index contributed by atoms with van der Waals surface area (Å²) in [7, 11) is 2.53. The number of nitrogens with one attached hydrogen (secondary N) is 4. The number of benzene rings is 2. The van der Waals surface area contributed by atoms with Crippen molar-refractivity contribution in [2.45, 2.75) is 66.5 Å². The maximum Gasteiger partial charge on any atom is 0.407 e. The highest BCUT2D eigenvalue weighted by Crippen LogP contribution is 2.44. The van der Waals surface area contributed by atoms with Gasteiger partial charge < -0.3 is 39.9 Å². The fourth-order valence-electron chi connectivity index (χ4n) is 7.48. The molecule has 2 aromatic heterocycles. The van der Waals surface area contributed by atoms with Crippen molar-refractivity contribution in [2.75, 3.05) is 40.4 Å². The number of hydrogen-bond donors (Lipinski definition) is 4. The van der Waals surface area contributed by atoms with Crippen LogP contribution in [0.25, 0.3) is 45.8 Å². The van der Waals surface area contributed by atoms with E-state index in [1.54, 1.807) is 9.80 Å². The molecule has 2 aromatic carbocycles. The van der Waals surface area contributed by atoms with Gasteiger partial charge >= 0.3 is 12.2 Å². The Bertz CT molecular complexity index is 2200. The molecule has 4 aromatic rings. The smallest absolute Gasteiger partial charge is 0.407 e. The van der Waals surface area contributed by atoms with Crippen LogP contribution >= 0.6 is 0 Å². The number of rotatable bonds is 15. The van der Waals surface area contributed by atoms with Gasteiger partial charge in [-0.05, 0) is 72.9 Å². The Morgan fingerprint density at radius 1 is 0.661 bits per heavy atom. The van der Waals surface area contributed by atoms with Crippen molar-refractivity contribution in [3.8, 4) is 33.6 Å². The lowest BCUT2D eigenvalue weighted by Gasteiger charge is -2.21. The van der Waals surface area contributed by atoms with Gasteiger partial charge in [-0.15, -0.1) is 0 Å². The van der Waals surface area contributed by atoms with E-state index in [0.717, 1.165) is 53.8 Å². The molecule has 2 aliphatic rings. The van der Waals surface area contributed by atoms with E-state index in [0.29, 0.717) is 31.3 Å². The van der Waals surface area contributed by atoms with Gasteiger partial charge in [-0.3, -0.25) is 9.59 Å². The van der Waals surface area contributed by atoms with Gasteiger partial charge in [0.1, 0.15) is 24.7 Å². The zero-order chi connectivity index (χ0) is 39.9. The fourth-order valence-corrected chi connectivity index (χ4v) is 7.48. The minimum absolute atomic E-state index is 0.151. The van der Waals surface area contributed by atoms with E-state index >= 15 is 0 Å². The van der Waals surface area contributed by atoms with E-state index in [4.69, 9.17) is 0 Å². The average molecular weight is 763 g/mol. The summed E-state index contributed by atoms with van der Waals surface area (Å²) in [5.41, 5.74) is 13.6. The van der Waals surface area contributed by atoms with E-state index in [1.165, 1.54) is 53.2 Å². The second kappa shape index (κ2) is 17.5. The quantitative estimate of drug-likeness (QED) is 0.110. The Balaban J connectivity index is 1.26. The summed E-state index contributed by atoms with van der Waals surface area (Å²) in [5.74, 6) is 0.894. The molecule has 4 N–H and O–H groups in total. The molecule has 0 saturated carbocycles. The van der Waals surface area contributed by atoms with Gasteiger partial charge in [0, 0.05) is 24.2 Å². The van der Waals surface area contributed by atoms with Crippen LogP contribution in [0.4, 0.5) is 9.59 Å². The van der Waals surface area contributed by atoms with Crippen LogP contribution in [0.1, 0.15) is 74.4 Å². The number of aromatic amines is 2. The summed E-state index contributed by atoms with van der Waals surface area (Å²) >= 11 is 0. The molecule has 14 nitrogen and oxygen atoms in total. The lowest BCUT2D eigenvalue weighted by Crippen LogP contribution is -2.40. The normalized spacial score (nSPS) is 12.7. The van der Waals surface area contributed by atoms with E-state index < -0.39 is 12.2 Å². The molecule has 0 radical (unpaired) electrons. The van der Waals surface area contributed by atoms with Crippen molar-refractivity contribution in [1.29, 1.82) is 0 Å². The zero-order valence-electron chi connectivity index (χ0n) is 32.9. The monoisotopic (exact) mass is 762 g/mol. The molecule has 0 saturated heterocycles. The second-order valence-corrected chi connectivity index (χ2v) is 14.2. The SMILES string of the molecule is CCCN(Cc1ncc(-c2ccc(-c3ccc(-c4cnc(CN(CCC)C(=O)CNC(=O)OC)[nH]4)c4c3C=C(C)C4)c3c2C=C(C)C3)[nH]1)C(=O)CNC(=O)OC. The molecule has 56 heavy (non-hydrogen) atoms. The fraction of sp³-hybridized carbons (Fsp3) is 0.381. The first kappa shape index (κ1) is 39.5. The number of nitrogens with zero attached hydrogens (tertiary/aromatic N) is 4. The summed E-state index contributed by atoms with van der Waals surface area (Å²) in [6.07, 6.45) is 10.1. The number of alkyl carbamates (subject to hydrolysis) is 2. The van der Waals surface area contributed by atoms with Crippen molar-refractivity contribution in [1.82, 2.24) is 40.4 Å². The molecule has 0 bridgehead atoms. The molecule has 0 fully saturated rings. The molecule has 0 unspecified atom stereocenters. The molecule has 4 amide bonds. The minimum Gasteiger partial charge on any atom is -0.453 e. The maximum atomic E-state index is 12.9. The molecule has 2 aliphatic carbocycles. The second-order valence-electron chi connectivity index (χ2n) is 14.2. The molecule has 0 aliphatic heterocycles. The number of fused-ring (bicyclic) bond motifs is 2. The van der Waals surface area contributed by atoms with Crippen LogP contribution in [0.15, 0.2) is 47.8 Å². The number of hydrogen-bond acceptors (Lipinski definition) is 8. The summed E-state index contributed by atoms with van der Waals surface area (Å²) in [4.78, 5) is 68.4. The van der Waals surface area contributed by atoms with E-state index in [-0.39, 0.29) is 31.4 Å². The van der Waals surface area contributed by atoms with Crippen LogP contribution in [0, 0.1) is 0 Å². The number of carbonyl (C=O) groups excluding carboxylic acids is 4. The lowest BCUT2D eigenvalue weighted by molar-refractivity contribution is -0.131. The predicted octanol–water partition coefficient (Wildman–Crippen LogP) is 6.24. The van der Waals surface area contributed by atoms with Gasteiger partial charge in [-0.2, -0.15) is 0 Å². The number of methoxy groups -OCH3 is 2. The molecule has 6 rings (SSSR count). The Labute approximate surface area is 326 Å². The Morgan fingerprint density at radius 2 is 1.09 bits per heavy atom. The molecule has 0 spiro atoms. The first-order valence-corrected chi connectivity index (χ1v) is 19.0. The lowest BCUT2D eigenvalue weighted by atomic mass is 9.87. The van der Waals surface area contributed by atoms with Crippen LogP contribution in [0.3, 0.4) is 0 Å². The summed E-state index contributed by atoms with van der Waals surface area (Å²) in [6.45, 7) is 9.64. The number of imidazole rings is 2. The van der Waals surface area contributed by atoms with Crippen molar-refractivity contribution < 1.29 is 28.7 Å². The summed E-state index contributed by atoms with van der Waals surface area (Å²) in [5, 5.41) is 4.94. The average Bonchev–Trinajstić information content (AvgIpc) is 4.01. The van der Waals surface area contributed by atoms with Gasteiger partial charge in [0.2, 0.25) is 11.8 Å². The minimum atomic E-state index is -0.649. The maximum absolute atomic E-state index is 12.9. The first-order valence-electron chi connectivity index (χ1n) is 19.0. The zero-order valence-corrected chi connectivity index (χ0v) is 32.9. The summed E-state index contributed by atoms with van der Waals surface area (Å²) < 4.78 is 9.21. The van der Waals surface area contributed by atoms with E-state index in [1.807, 2.05) is 26.2 Å². The number of aromatic nitrogens is 4. The van der Waals surface area contributed by atoms with Crippen LogP contribution in [-0.2, 0) is 45.0 Å². The van der Waals surface area contributed by atoms with Crippen LogP contribution in [-0.4, -0.2) is 94.1 Å². The Kier molecular flexibility index (Phi) is 12.4. The highest BCUT2D eigenvalue weighted by molar-refractivity contribution is 5.92. The van der Waals surface area contributed by atoms with E-state index in [9.17, 15) is 19.2 Å². The summed E-state index contributed by atoms with van der Waals surface area (Å²) in [6, 6.07) is 8.70. The third-order valence-corrected chi connectivity index (χ3v) is 10.0. The molecule has 294 valence electrons. The van der Waals surface area contributed by atoms with Gasteiger partial charge in [0.15, 0.2) is 0 Å². The van der Waals surface area contributed by atoms with Crippen molar-refractivity contribution in [3.05, 3.63) is 81.7 Å². The number of H-pyrrole nitrogens is 2. The van der Waals surface area contributed by atoms with Crippen molar-refractivity contribution >= 4 is 36.2 Å². The topological polar surface area (TPSA) is 175 Å². The van der Waals surface area contributed by atoms with Crippen LogP contribution < -0.4 is 10.6 Å². The Morgan fingerprint density at radius 3 is 1.59 bits per heavy atom. The molecular formula is C42H50N8O6. The van der Waals surface area contributed by atoms with Crippen molar-refractivity contribution in [3.63, 3.8) is 0 Å². The number of amides is 4. The van der Waals surface area contributed by atoms with Crippen LogP contribution in [0.2, 0.25) is 0 Å². The molecular weight excluding hydrogens is 713 g/mol. The van der Waals surface area contributed by atoms with Gasteiger partial charge in [0.25, 0.3) is 0 Å². The Hall–Kier alpha value is -6.18. The first-order chi connectivity index (χ1) is 27.0. The molecule has 2 heterocycles. The molecule has 14 heteroatoms. The largest absolute Gasteiger partial charge is 0.453 e. The van der Waals surface area contributed by atoms with Gasteiger partial charge in [-0.1, -0.05) is 61.4 Å². The number of allylic oxidation sites excluding steroid dienone is 2. The number of ether oxygens (including phenoxy) is 2. The van der Waals surface area contributed by atoms with Gasteiger partial charge in [0.05, 0.1) is 51.1 Å². The third-order valence-electron chi connectivity index (χ3n) is 10.0. The standard InChI is InChI=1S/C42H50N8O6/c1-7-13-49(39(51)21-45-41(53)55-5)23-37-43-19-35(47-37)29-11-9-27(31-15-25(3)17-33(29)31)28-10-12-30(34-18-26(4)16-32(28)34)36-20-44-38(48-36)24-50(14-8-2)40(52)22-46-42(54)56-6/h9-12,15,18-20H,7-8,13-14,16-17,21-24H2,1-6H3,(H,43,47)(H,44,48)(H,45,53)(H,46,54). The van der Waals surface area contributed by atoms with Crippen molar-refractivity contribution in [2.24, 2.45) is 0 Å². The highest BCUT2D eigenvalue weighted by atomic mass is 16.5. The van der Waals surface area contributed by atoms with Gasteiger partial charge in [-0.25, -0.2) is 19.6 Å². The highest BCUT2D eigenvalue weighted by Gasteiger charge is 2.26. The van der Waals surface area contributed by atoms with Crippen LogP contribution in [0.5, 0.6) is 0 Å². The third kappa shape index (κ3) is 8.69. The van der Waals surface area contributed by atoms with E-state index in [2.05, 4.69) is 90.3 Å². The predicted molar refractivity (Wildman–Crippen MR) is 214 cm³/mol.